The summed E-state index contributed by atoms with van der Waals surface area (Å²) < 4.78 is 10.5. The summed E-state index contributed by atoms with van der Waals surface area (Å²) in [5.41, 5.74) is -0.0977. The lowest BCUT2D eigenvalue weighted by molar-refractivity contribution is -0.277. The molecule has 0 saturated carbocycles. The smallest absolute Gasteiger partial charge is 0.229 e. The lowest BCUT2D eigenvalue weighted by Crippen LogP contribution is -2.60. The Balaban J connectivity index is 2.27. The lowest BCUT2D eigenvalue weighted by atomic mass is 9.99. The van der Waals surface area contributed by atoms with Gasteiger partial charge in [-0.05, 0) is 19.1 Å². The van der Waals surface area contributed by atoms with Crippen molar-refractivity contribution in [3.63, 3.8) is 0 Å². The van der Waals surface area contributed by atoms with Gasteiger partial charge in [0.1, 0.15) is 41.5 Å². The summed E-state index contributed by atoms with van der Waals surface area (Å²) >= 11 is 0. The number of benzene rings is 1. The summed E-state index contributed by atoms with van der Waals surface area (Å²) in [5.74, 6) is -0.802. The van der Waals surface area contributed by atoms with Crippen LogP contribution in [0, 0.1) is 0 Å². The zero-order valence-corrected chi connectivity index (χ0v) is 11.8. The second kappa shape index (κ2) is 6.59. The second-order valence-corrected chi connectivity index (χ2v) is 5.02. The van der Waals surface area contributed by atoms with Crippen molar-refractivity contribution >= 4 is 5.78 Å². The van der Waals surface area contributed by atoms with E-state index >= 15 is 0 Å². The monoisotopic (exact) mass is 314 g/mol. The zero-order chi connectivity index (χ0) is 16.4. The summed E-state index contributed by atoms with van der Waals surface area (Å²) in [6.45, 7) is 0.639. The van der Waals surface area contributed by atoms with E-state index in [1.54, 1.807) is 0 Å². The molecule has 0 aliphatic carbocycles. The largest absolute Gasteiger partial charge is 0.507 e. The van der Waals surface area contributed by atoms with Crippen LogP contribution in [0.1, 0.15) is 17.3 Å². The number of hydrogen-bond donors (Lipinski definition) is 5. The average Bonchev–Trinajstić information content (AvgIpc) is 2.47. The maximum absolute atomic E-state index is 11.6. The summed E-state index contributed by atoms with van der Waals surface area (Å²) in [5, 5.41) is 48.1. The standard InChI is InChI=1S/C14H18O8/c1-6(16)10-7(17)3-2-4-8(10)21-14-13(20)12(19)11(18)9(5-15)22-14/h2-4,9,11-15,17-20H,5H2,1H3. The molecule has 8 heteroatoms. The van der Waals surface area contributed by atoms with Crippen LogP contribution in [0.15, 0.2) is 18.2 Å². The van der Waals surface area contributed by atoms with Gasteiger partial charge < -0.3 is 35.0 Å². The highest BCUT2D eigenvalue weighted by molar-refractivity contribution is 5.99. The first-order valence-corrected chi connectivity index (χ1v) is 6.67. The summed E-state index contributed by atoms with van der Waals surface area (Å²) in [4.78, 5) is 11.6. The number of rotatable bonds is 4. The predicted octanol–water partition coefficient (Wildman–Crippen LogP) is -1.23. The molecule has 1 saturated heterocycles. The van der Waals surface area contributed by atoms with Gasteiger partial charge in [-0.2, -0.15) is 0 Å². The quantitative estimate of drug-likeness (QED) is 0.436. The fourth-order valence-electron chi connectivity index (χ4n) is 2.26. The molecule has 0 radical (unpaired) electrons. The minimum Gasteiger partial charge on any atom is -0.507 e. The lowest BCUT2D eigenvalue weighted by Gasteiger charge is -2.39. The maximum Gasteiger partial charge on any atom is 0.229 e. The van der Waals surface area contributed by atoms with Gasteiger partial charge in [0.25, 0.3) is 0 Å². The van der Waals surface area contributed by atoms with Crippen LogP contribution in [0.4, 0.5) is 0 Å². The number of phenols is 1. The molecule has 1 aromatic rings. The Morgan fingerprint density at radius 3 is 2.50 bits per heavy atom. The molecule has 8 nitrogen and oxygen atoms in total. The summed E-state index contributed by atoms with van der Waals surface area (Å²) in [7, 11) is 0. The number of phenolic OH excluding ortho intramolecular Hbond substituents is 1. The highest BCUT2D eigenvalue weighted by Gasteiger charge is 2.45. The highest BCUT2D eigenvalue weighted by atomic mass is 16.7. The number of carbonyl (C=O) groups is 1. The second-order valence-electron chi connectivity index (χ2n) is 5.02. The molecular formula is C14H18O8. The van der Waals surface area contributed by atoms with Gasteiger partial charge in [-0.25, -0.2) is 0 Å². The molecule has 1 heterocycles. The van der Waals surface area contributed by atoms with Crippen LogP contribution in [-0.4, -0.2) is 68.6 Å². The molecule has 0 aromatic heterocycles. The molecule has 122 valence electrons. The summed E-state index contributed by atoms with van der Waals surface area (Å²) in [6, 6.07) is 4.12. The van der Waals surface area contributed by atoms with Crippen LogP contribution < -0.4 is 4.74 Å². The summed E-state index contributed by atoms with van der Waals surface area (Å²) in [6.07, 6.45) is -7.23. The normalized spacial score (nSPS) is 31.8. The number of ketones is 1. The fraction of sp³-hybridized carbons (Fsp3) is 0.500. The Kier molecular flexibility index (Phi) is 4.99. The van der Waals surface area contributed by atoms with E-state index in [1.165, 1.54) is 25.1 Å². The number of carbonyl (C=O) groups excluding carboxylic acids is 1. The van der Waals surface area contributed by atoms with Crippen LogP contribution in [-0.2, 0) is 4.74 Å². The highest BCUT2D eigenvalue weighted by Crippen LogP contribution is 2.31. The predicted molar refractivity (Wildman–Crippen MR) is 72.5 cm³/mol. The van der Waals surface area contributed by atoms with E-state index in [9.17, 15) is 25.2 Å². The minimum absolute atomic E-state index is 0.0446. The van der Waals surface area contributed by atoms with Crippen molar-refractivity contribution in [3.8, 4) is 11.5 Å². The Bertz CT molecular complexity index is 544. The Hall–Kier alpha value is -1.71. The first-order valence-electron chi connectivity index (χ1n) is 6.67. The average molecular weight is 314 g/mol. The van der Waals surface area contributed by atoms with Crippen LogP contribution in [0.5, 0.6) is 11.5 Å². The number of Topliss-reactive ketones (excluding diaryl/α,β-unsaturated/α-hetero) is 1. The van der Waals surface area contributed by atoms with Crippen molar-refractivity contribution in [2.45, 2.75) is 37.6 Å². The fourth-order valence-corrected chi connectivity index (χ4v) is 2.26. The molecule has 1 aliphatic heterocycles. The SMILES string of the molecule is CC(=O)c1c(O)cccc1OC1OC(CO)C(O)C(O)C1O. The van der Waals surface area contributed by atoms with Gasteiger partial charge >= 0.3 is 0 Å². The number of aliphatic hydroxyl groups is 4. The minimum atomic E-state index is -1.60. The molecule has 5 atom stereocenters. The van der Waals surface area contributed by atoms with Crippen molar-refractivity contribution < 1.29 is 39.8 Å². The van der Waals surface area contributed by atoms with Crippen molar-refractivity contribution in [2.24, 2.45) is 0 Å². The molecule has 1 aromatic carbocycles. The molecule has 2 rings (SSSR count). The van der Waals surface area contributed by atoms with Gasteiger partial charge in [-0.1, -0.05) is 6.07 Å². The number of aliphatic hydroxyl groups excluding tert-OH is 4. The van der Waals surface area contributed by atoms with E-state index in [0.29, 0.717) is 0 Å². The van der Waals surface area contributed by atoms with Crippen molar-refractivity contribution in [2.75, 3.05) is 6.61 Å². The van der Waals surface area contributed by atoms with Crippen LogP contribution in [0.2, 0.25) is 0 Å². The Labute approximate surface area is 126 Å². The van der Waals surface area contributed by atoms with Crippen LogP contribution in [0.3, 0.4) is 0 Å². The van der Waals surface area contributed by atoms with Gasteiger partial charge in [-0.15, -0.1) is 0 Å². The third kappa shape index (κ3) is 3.06. The van der Waals surface area contributed by atoms with Crippen molar-refractivity contribution in [1.82, 2.24) is 0 Å². The van der Waals surface area contributed by atoms with E-state index in [0.717, 1.165) is 0 Å². The Morgan fingerprint density at radius 1 is 1.23 bits per heavy atom. The van der Waals surface area contributed by atoms with E-state index in [-0.39, 0.29) is 17.1 Å². The third-order valence-electron chi connectivity index (χ3n) is 3.45. The van der Waals surface area contributed by atoms with Crippen LogP contribution in [0.25, 0.3) is 0 Å². The van der Waals surface area contributed by atoms with E-state index < -0.39 is 43.1 Å². The topological polar surface area (TPSA) is 137 Å². The van der Waals surface area contributed by atoms with Gasteiger partial charge in [0.05, 0.1) is 6.61 Å². The Morgan fingerprint density at radius 2 is 1.91 bits per heavy atom. The third-order valence-corrected chi connectivity index (χ3v) is 3.45. The van der Waals surface area contributed by atoms with Gasteiger partial charge in [0.15, 0.2) is 5.78 Å². The first kappa shape index (κ1) is 16.7. The number of aromatic hydroxyl groups is 1. The van der Waals surface area contributed by atoms with E-state index in [2.05, 4.69) is 0 Å². The molecule has 5 unspecified atom stereocenters. The van der Waals surface area contributed by atoms with Crippen molar-refractivity contribution in [1.29, 1.82) is 0 Å². The molecule has 0 amide bonds. The molecule has 22 heavy (non-hydrogen) atoms. The van der Waals surface area contributed by atoms with Gasteiger partial charge in [0, 0.05) is 0 Å². The zero-order valence-electron chi connectivity index (χ0n) is 11.8. The molecule has 1 fully saturated rings. The van der Waals surface area contributed by atoms with Gasteiger partial charge in [0.2, 0.25) is 6.29 Å². The molecule has 0 spiro atoms. The number of ether oxygens (including phenoxy) is 2. The van der Waals surface area contributed by atoms with Crippen molar-refractivity contribution in [3.05, 3.63) is 23.8 Å². The molecular weight excluding hydrogens is 296 g/mol. The van der Waals surface area contributed by atoms with E-state index in [4.69, 9.17) is 14.6 Å². The van der Waals surface area contributed by atoms with E-state index in [1.807, 2.05) is 0 Å². The first-order chi connectivity index (χ1) is 10.4. The number of hydrogen-bond acceptors (Lipinski definition) is 8. The molecule has 1 aliphatic rings. The van der Waals surface area contributed by atoms with Gasteiger partial charge in [-0.3, -0.25) is 4.79 Å². The molecule has 0 bridgehead atoms. The maximum atomic E-state index is 11.6. The molecule has 5 N–H and O–H groups in total. The van der Waals surface area contributed by atoms with Crippen LogP contribution >= 0.6 is 0 Å².